The molecule has 1 fully saturated rings. The van der Waals surface area contributed by atoms with Gasteiger partial charge < -0.3 is 15.0 Å². The molecule has 0 saturated heterocycles. The van der Waals surface area contributed by atoms with Crippen molar-refractivity contribution in [2.45, 2.75) is 46.0 Å². The smallest absolute Gasteiger partial charge is 0.348 e. The SMILES string of the molecule is COC(=O)c1sc(-c2ccc(NC(=O)c3cscn3)c(C)c2)cc1C1=C(C2CCC(C)CC2)CN(C)CC1. The minimum atomic E-state index is -0.275. The van der Waals surface area contributed by atoms with E-state index in [2.05, 4.69) is 41.3 Å². The zero-order valence-electron chi connectivity index (χ0n) is 22.5. The number of nitrogens with one attached hydrogen (secondary N) is 1. The zero-order valence-corrected chi connectivity index (χ0v) is 24.1. The Labute approximate surface area is 232 Å². The standard InChI is InChI=1S/C30H35N3O3S2/c1-18-5-7-20(8-6-18)24-15-33(3)12-11-22(24)23-14-27(38-28(23)30(35)36-4)21-9-10-25(19(2)13-21)32-29(34)26-16-37-17-31-26/h9-10,13-14,16-18,20H,5-8,11-12,15H2,1-4H3,(H,32,34). The van der Waals surface area contributed by atoms with Gasteiger partial charge in [-0.15, -0.1) is 22.7 Å². The number of benzene rings is 1. The molecule has 3 aromatic rings. The molecule has 0 spiro atoms. The van der Waals surface area contributed by atoms with Gasteiger partial charge in [-0.3, -0.25) is 4.79 Å². The lowest BCUT2D eigenvalue weighted by Gasteiger charge is -2.35. The molecule has 5 rings (SSSR count). The molecule has 0 unspecified atom stereocenters. The largest absolute Gasteiger partial charge is 0.465 e. The van der Waals surface area contributed by atoms with Crippen LogP contribution in [0.4, 0.5) is 5.69 Å². The molecule has 1 N–H and O–H groups in total. The average molecular weight is 550 g/mol. The fourth-order valence-corrected chi connectivity index (χ4v) is 7.32. The van der Waals surface area contributed by atoms with Crippen LogP contribution in [0.2, 0.25) is 0 Å². The summed E-state index contributed by atoms with van der Waals surface area (Å²) in [7, 11) is 3.65. The number of hydrogen-bond acceptors (Lipinski definition) is 7. The maximum Gasteiger partial charge on any atom is 0.348 e. The van der Waals surface area contributed by atoms with E-state index in [9.17, 15) is 9.59 Å². The lowest BCUT2D eigenvalue weighted by Crippen LogP contribution is -2.31. The number of methoxy groups -OCH3 is 1. The number of anilines is 1. The maximum absolute atomic E-state index is 13.0. The Bertz CT molecular complexity index is 1350. The predicted octanol–water partition coefficient (Wildman–Crippen LogP) is 7.13. The number of carbonyl (C=O) groups is 2. The van der Waals surface area contributed by atoms with E-state index in [1.807, 2.05) is 19.1 Å². The van der Waals surface area contributed by atoms with Gasteiger partial charge in [0.15, 0.2) is 0 Å². The number of thiophene rings is 1. The van der Waals surface area contributed by atoms with Crippen LogP contribution in [0.15, 0.2) is 40.7 Å². The van der Waals surface area contributed by atoms with E-state index >= 15 is 0 Å². The molecule has 38 heavy (non-hydrogen) atoms. The Morgan fingerprint density at radius 3 is 2.63 bits per heavy atom. The molecular weight excluding hydrogens is 514 g/mol. The molecule has 1 amide bonds. The normalized spacial score (nSPS) is 20.4. The van der Waals surface area contributed by atoms with E-state index in [0.717, 1.165) is 52.7 Å². The molecular formula is C30H35N3O3S2. The van der Waals surface area contributed by atoms with Crippen LogP contribution in [0.25, 0.3) is 16.0 Å². The number of likely N-dealkylation sites (N-methyl/N-ethyl adjacent to an activating group) is 1. The molecule has 8 heteroatoms. The topological polar surface area (TPSA) is 71.5 Å². The summed E-state index contributed by atoms with van der Waals surface area (Å²) < 4.78 is 5.24. The van der Waals surface area contributed by atoms with Crippen molar-refractivity contribution in [2.75, 3.05) is 32.6 Å². The third-order valence-corrected chi connectivity index (χ3v) is 9.68. The van der Waals surface area contributed by atoms with Crippen molar-refractivity contribution < 1.29 is 14.3 Å². The molecule has 200 valence electrons. The highest BCUT2D eigenvalue weighted by Gasteiger charge is 2.30. The van der Waals surface area contributed by atoms with Crippen LogP contribution in [-0.2, 0) is 4.74 Å². The van der Waals surface area contributed by atoms with Crippen molar-refractivity contribution in [1.82, 2.24) is 9.88 Å². The second kappa shape index (κ2) is 11.5. The molecule has 1 aliphatic carbocycles. The van der Waals surface area contributed by atoms with Crippen molar-refractivity contribution in [2.24, 2.45) is 11.8 Å². The fourth-order valence-electron chi connectivity index (χ4n) is 5.69. The number of esters is 1. The molecule has 3 heterocycles. The van der Waals surface area contributed by atoms with Crippen molar-refractivity contribution in [3.63, 3.8) is 0 Å². The van der Waals surface area contributed by atoms with Crippen LogP contribution in [0, 0.1) is 18.8 Å². The fraction of sp³-hybridized carbons (Fsp3) is 0.433. The van der Waals surface area contributed by atoms with Gasteiger partial charge in [-0.05, 0) is 85.5 Å². The molecule has 1 saturated carbocycles. The van der Waals surface area contributed by atoms with Crippen LogP contribution in [-0.4, -0.2) is 49.0 Å². The minimum Gasteiger partial charge on any atom is -0.465 e. The van der Waals surface area contributed by atoms with Gasteiger partial charge in [0.25, 0.3) is 5.91 Å². The quantitative estimate of drug-likeness (QED) is 0.331. The average Bonchev–Trinajstić information content (AvgIpc) is 3.61. The first kappa shape index (κ1) is 26.8. The number of ether oxygens (including phenoxy) is 1. The van der Waals surface area contributed by atoms with Crippen molar-refractivity contribution in [3.8, 4) is 10.4 Å². The highest BCUT2D eigenvalue weighted by Crippen LogP contribution is 2.44. The van der Waals surface area contributed by atoms with E-state index in [-0.39, 0.29) is 11.9 Å². The van der Waals surface area contributed by atoms with Crippen molar-refractivity contribution in [1.29, 1.82) is 0 Å². The van der Waals surface area contributed by atoms with Crippen LogP contribution < -0.4 is 5.32 Å². The van der Waals surface area contributed by atoms with E-state index in [1.54, 1.807) is 10.9 Å². The molecule has 1 aromatic carbocycles. The number of hydrogen-bond donors (Lipinski definition) is 1. The zero-order chi connectivity index (χ0) is 26.8. The van der Waals surface area contributed by atoms with E-state index in [4.69, 9.17) is 4.74 Å². The van der Waals surface area contributed by atoms with Crippen LogP contribution in [0.3, 0.4) is 0 Å². The Balaban J connectivity index is 1.50. The molecule has 1 aliphatic heterocycles. The van der Waals surface area contributed by atoms with Gasteiger partial charge in [-0.2, -0.15) is 0 Å². The number of amides is 1. The van der Waals surface area contributed by atoms with E-state index in [1.165, 1.54) is 66.6 Å². The Morgan fingerprint density at radius 1 is 1.16 bits per heavy atom. The summed E-state index contributed by atoms with van der Waals surface area (Å²) in [6, 6.07) is 8.19. The summed E-state index contributed by atoms with van der Waals surface area (Å²) in [5.74, 6) is 0.892. The lowest BCUT2D eigenvalue weighted by atomic mass is 9.75. The summed E-state index contributed by atoms with van der Waals surface area (Å²) in [4.78, 5) is 33.7. The second-order valence-electron chi connectivity index (χ2n) is 10.7. The number of thiazole rings is 1. The number of aryl methyl sites for hydroxylation is 1. The molecule has 0 atom stereocenters. The third kappa shape index (κ3) is 5.63. The monoisotopic (exact) mass is 549 g/mol. The van der Waals surface area contributed by atoms with Gasteiger partial charge in [0.1, 0.15) is 10.6 Å². The van der Waals surface area contributed by atoms with Gasteiger partial charge >= 0.3 is 5.97 Å². The molecule has 0 radical (unpaired) electrons. The number of nitrogens with zero attached hydrogens (tertiary/aromatic N) is 2. The van der Waals surface area contributed by atoms with Crippen LogP contribution in [0.5, 0.6) is 0 Å². The lowest BCUT2D eigenvalue weighted by molar-refractivity contribution is 0.0605. The highest BCUT2D eigenvalue weighted by atomic mass is 32.1. The van der Waals surface area contributed by atoms with Crippen LogP contribution >= 0.6 is 22.7 Å². The maximum atomic E-state index is 13.0. The highest BCUT2D eigenvalue weighted by molar-refractivity contribution is 7.17. The predicted molar refractivity (Wildman–Crippen MR) is 156 cm³/mol. The minimum absolute atomic E-state index is 0.215. The Morgan fingerprint density at radius 2 is 1.95 bits per heavy atom. The summed E-state index contributed by atoms with van der Waals surface area (Å²) >= 11 is 2.89. The van der Waals surface area contributed by atoms with Crippen molar-refractivity contribution >= 4 is 45.8 Å². The summed E-state index contributed by atoms with van der Waals surface area (Å²) in [5.41, 5.74) is 8.69. The number of carbonyl (C=O) groups excluding carboxylic acids is 2. The number of rotatable bonds is 6. The first-order chi connectivity index (χ1) is 18.3. The first-order valence-electron chi connectivity index (χ1n) is 13.3. The Hall–Kier alpha value is -2.81. The van der Waals surface area contributed by atoms with Gasteiger partial charge in [0.2, 0.25) is 0 Å². The molecule has 2 aromatic heterocycles. The van der Waals surface area contributed by atoms with Gasteiger partial charge in [-0.25, -0.2) is 9.78 Å². The third-order valence-electron chi connectivity index (χ3n) is 7.93. The van der Waals surface area contributed by atoms with Gasteiger partial charge in [0.05, 0.1) is 12.6 Å². The van der Waals surface area contributed by atoms with Gasteiger partial charge in [0, 0.05) is 34.6 Å². The first-order valence-corrected chi connectivity index (χ1v) is 15.0. The van der Waals surface area contributed by atoms with Gasteiger partial charge in [-0.1, -0.05) is 25.8 Å². The molecule has 2 aliphatic rings. The Kier molecular flexibility index (Phi) is 8.12. The molecule has 0 bridgehead atoms. The number of aromatic nitrogens is 1. The summed E-state index contributed by atoms with van der Waals surface area (Å²) in [6.07, 6.45) is 5.94. The molecule has 6 nitrogen and oxygen atoms in total. The van der Waals surface area contributed by atoms with E-state index in [0.29, 0.717) is 16.5 Å². The van der Waals surface area contributed by atoms with Crippen LogP contribution in [0.1, 0.15) is 70.3 Å². The summed E-state index contributed by atoms with van der Waals surface area (Å²) in [5, 5.41) is 4.70. The second-order valence-corrected chi connectivity index (χ2v) is 12.4. The van der Waals surface area contributed by atoms with E-state index < -0.39 is 0 Å². The summed E-state index contributed by atoms with van der Waals surface area (Å²) in [6.45, 7) is 6.29. The van der Waals surface area contributed by atoms with Crippen molar-refractivity contribution in [3.05, 3.63) is 62.4 Å².